The van der Waals surface area contributed by atoms with Gasteiger partial charge in [-0.25, -0.2) is 4.98 Å². The predicted molar refractivity (Wildman–Crippen MR) is 71.2 cm³/mol. The van der Waals surface area contributed by atoms with Gasteiger partial charge in [-0.05, 0) is 28.8 Å². The molecule has 3 heteroatoms. The van der Waals surface area contributed by atoms with Crippen molar-refractivity contribution in [2.24, 2.45) is 0 Å². The smallest absolute Gasteiger partial charge is 0.123 e. The predicted octanol–water partition coefficient (Wildman–Crippen LogP) is 1.74. The van der Waals surface area contributed by atoms with Crippen LogP contribution in [-0.4, -0.2) is 15.7 Å². The molecule has 1 heterocycles. The topological polar surface area (TPSA) is 59.1 Å². The molecule has 2 aromatic rings. The van der Waals surface area contributed by atoms with Gasteiger partial charge in [0.05, 0.1) is 5.60 Å². The molecule has 0 amide bonds. The number of aliphatic hydroxyl groups is 1. The fraction of sp³-hybridized carbons (Fsp3) is 0.267. The fourth-order valence-corrected chi connectivity index (χ4v) is 2.78. The van der Waals surface area contributed by atoms with Crippen LogP contribution in [0.25, 0.3) is 0 Å². The van der Waals surface area contributed by atoms with E-state index < -0.39 is 5.60 Å². The molecule has 92 valence electrons. The molecule has 1 aromatic heterocycles. The molecular formula is C15H16N2O. The lowest BCUT2D eigenvalue weighted by Crippen LogP contribution is -2.32. The van der Waals surface area contributed by atoms with Gasteiger partial charge < -0.3 is 10.8 Å². The quantitative estimate of drug-likeness (QED) is 0.840. The highest BCUT2D eigenvalue weighted by Gasteiger charge is 2.34. The Labute approximate surface area is 106 Å². The van der Waals surface area contributed by atoms with E-state index in [0.29, 0.717) is 25.1 Å². The maximum Gasteiger partial charge on any atom is 0.123 e. The minimum atomic E-state index is -0.683. The third-order valence-electron chi connectivity index (χ3n) is 3.54. The number of anilines is 1. The minimum absolute atomic E-state index is 0.506. The Bertz CT molecular complexity index is 555. The molecule has 0 aliphatic heterocycles. The molecule has 18 heavy (non-hydrogen) atoms. The largest absolute Gasteiger partial charge is 0.389 e. The van der Waals surface area contributed by atoms with Crippen LogP contribution in [0.4, 0.5) is 5.82 Å². The summed E-state index contributed by atoms with van der Waals surface area (Å²) in [4.78, 5) is 3.97. The van der Waals surface area contributed by atoms with Gasteiger partial charge in [0.2, 0.25) is 0 Å². The van der Waals surface area contributed by atoms with E-state index in [4.69, 9.17) is 5.73 Å². The van der Waals surface area contributed by atoms with E-state index in [1.165, 1.54) is 11.1 Å². The lowest BCUT2D eigenvalue weighted by Gasteiger charge is -2.22. The number of nitrogen functional groups attached to an aromatic ring is 1. The Morgan fingerprint density at radius 1 is 1.17 bits per heavy atom. The summed E-state index contributed by atoms with van der Waals surface area (Å²) in [5.41, 5.74) is 8.53. The number of hydrogen-bond acceptors (Lipinski definition) is 3. The number of hydrogen-bond donors (Lipinski definition) is 2. The summed E-state index contributed by atoms with van der Waals surface area (Å²) in [7, 11) is 0. The van der Waals surface area contributed by atoms with Crippen molar-refractivity contribution in [1.29, 1.82) is 0 Å². The van der Waals surface area contributed by atoms with Crippen LogP contribution in [0.2, 0.25) is 0 Å². The van der Waals surface area contributed by atoms with E-state index in [1.807, 2.05) is 24.3 Å². The molecule has 3 rings (SSSR count). The average Bonchev–Trinajstić information content (AvgIpc) is 2.64. The number of aromatic nitrogens is 1. The first-order chi connectivity index (χ1) is 8.65. The van der Waals surface area contributed by atoms with E-state index in [9.17, 15) is 5.11 Å². The normalized spacial score (nSPS) is 16.5. The third-order valence-corrected chi connectivity index (χ3v) is 3.54. The van der Waals surface area contributed by atoms with Crippen LogP contribution in [-0.2, 0) is 19.3 Å². The maximum absolute atomic E-state index is 10.7. The Kier molecular flexibility index (Phi) is 2.56. The maximum atomic E-state index is 10.7. The minimum Gasteiger partial charge on any atom is -0.389 e. The van der Waals surface area contributed by atoms with Crippen LogP contribution < -0.4 is 5.73 Å². The monoisotopic (exact) mass is 240 g/mol. The van der Waals surface area contributed by atoms with E-state index >= 15 is 0 Å². The van der Waals surface area contributed by atoms with Gasteiger partial charge in [0.15, 0.2) is 0 Å². The molecule has 3 N–H and O–H groups in total. The Balaban J connectivity index is 1.83. The van der Waals surface area contributed by atoms with E-state index in [1.54, 1.807) is 6.20 Å². The summed E-state index contributed by atoms with van der Waals surface area (Å²) >= 11 is 0. The Morgan fingerprint density at radius 3 is 2.44 bits per heavy atom. The number of benzene rings is 1. The molecule has 1 aliphatic rings. The molecule has 0 bridgehead atoms. The zero-order valence-electron chi connectivity index (χ0n) is 10.1. The van der Waals surface area contributed by atoms with Gasteiger partial charge in [-0.15, -0.1) is 0 Å². The van der Waals surface area contributed by atoms with Crippen LogP contribution in [0.5, 0.6) is 0 Å². The Hall–Kier alpha value is -1.87. The number of fused-ring (bicyclic) bond motifs is 1. The average molecular weight is 240 g/mol. The third kappa shape index (κ3) is 2.09. The van der Waals surface area contributed by atoms with Crippen molar-refractivity contribution in [2.45, 2.75) is 24.9 Å². The molecule has 0 atom stereocenters. The lowest BCUT2D eigenvalue weighted by molar-refractivity contribution is 0.0518. The van der Waals surface area contributed by atoms with E-state index in [0.717, 1.165) is 5.56 Å². The number of nitrogens with two attached hydrogens (primary N) is 1. The van der Waals surface area contributed by atoms with Crippen LogP contribution in [0.1, 0.15) is 16.7 Å². The van der Waals surface area contributed by atoms with E-state index in [2.05, 4.69) is 17.1 Å². The van der Waals surface area contributed by atoms with Crippen LogP contribution in [0, 0.1) is 0 Å². The molecule has 0 unspecified atom stereocenters. The van der Waals surface area contributed by atoms with Crippen molar-refractivity contribution in [3.05, 3.63) is 59.3 Å². The molecule has 0 radical (unpaired) electrons. The van der Waals surface area contributed by atoms with Crippen molar-refractivity contribution in [1.82, 2.24) is 4.98 Å². The molecule has 1 aliphatic carbocycles. The molecule has 0 saturated carbocycles. The van der Waals surface area contributed by atoms with Crippen molar-refractivity contribution in [3.63, 3.8) is 0 Å². The first-order valence-electron chi connectivity index (χ1n) is 6.14. The molecule has 3 nitrogen and oxygen atoms in total. The van der Waals surface area contributed by atoms with Gasteiger partial charge in [0, 0.05) is 25.5 Å². The van der Waals surface area contributed by atoms with Gasteiger partial charge in [-0.1, -0.05) is 24.3 Å². The SMILES string of the molecule is Nc1cc(CC2(O)Cc3ccccc3C2)ccn1. The molecule has 0 fully saturated rings. The zero-order valence-corrected chi connectivity index (χ0v) is 10.1. The van der Waals surface area contributed by atoms with Gasteiger partial charge in [-0.2, -0.15) is 0 Å². The first-order valence-corrected chi connectivity index (χ1v) is 6.14. The zero-order chi connectivity index (χ0) is 12.6. The molecule has 1 aromatic carbocycles. The first kappa shape index (κ1) is 11.2. The molecule has 0 saturated heterocycles. The molecule has 0 spiro atoms. The second-order valence-electron chi connectivity index (χ2n) is 5.11. The highest BCUT2D eigenvalue weighted by Crippen LogP contribution is 2.32. The van der Waals surface area contributed by atoms with Gasteiger partial charge in [0.25, 0.3) is 0 Å². The van der Waals surface area contributed by atoms with Crippen molar-refractivity contribution in [3.8, 4) is 0 Å². The summed E-state index contributed by atoms with van der Waals surface area (Å²) in [5, 5.41) is 10.7. The summed E-state index contributed by atoms with van der Waals surface area (Å²) in [5.74, 6) is 0.506. The highest BCUT2D eigenvalue weighted by molar-refractivity contribution is 5.38. The van der Waals surface area contributed by atoms with Gasteiger partial charge in [-0.3, -0.25) is 0 Å². The van der Waals surface area contributed by atoms with E-state index in [-0.39, 0.29) is 0 Å². The van der Waals surface area contributed by atoms with Crippen molar-refractivity contribution in [2.75, 3.05) is 5.73 Å². The van der Waals surface area contributed by atoms with Crippen LogP contribution in [0.15, 0.2) is 42.6 Å². The summed E-state index contributed by atoms with van der Waals surface area (Å²) in [6.45, 7) is 0. The van der Waals surface area contributed by atoms with Crippen LogP contribution in [0.3, 0.4) is 0 Å². The van der Waals surface area contributed by atoms with Gasteiger partial charge in [0.1, 0.15) is 5.82 Å². The van der Waals surface area contributed by atoms with Crippen molar-refractivity contribution < 1.29 is 5.11 Å². The number of pyridine rings is 1. The van der Waals surface area contributed by atoms with Crippen LogP contribution >= 0.6 is 0 Å². The number of rotatable bonds is 2. The summed E-state index contributed by atoms with van der Waals surface area (Å²) < 4.78 is 0. The number of nitrogens with zero attached hydrogens (tertiary/aromatic N) is 1. The lowest BCUT2D eigenvalue weighted by atomic mass is 9.92. The van der Waals surface area contributed by atoms with Crippen molar-refractivity contribution >= 4 is 5.82 Å². The second kappa shape index (κ2) is 4.10. The Morgan fingerprint density at radius 2 is 1.83 bits per heavy atom. The van der Waals surface area contributed by atoms with Gasteiger partial charge >= 0.3 is 0 Å². The second-order valence-corrected chi connectivity index (χ2v) is 5.11. The standard InChI is InChI=1S/C15H16N2O/c16-14-7-11(5-6-17-14)8-15(18)9-12-3-1-2-4-13(12)10-15/h1-7,18H,8-10H2,(H2,16,17). The highest BCUT2D eigenvalue weighted by atomic mass is 16.3. The summed E-state index contributed by atoms with van der Waals surface area (Å²) in [6, 6.07) is 12.0. The summed E-state index contributed by atoms with van der Waals surface area (Å²) in [6.07, 6.45) is 3.74. The molecular weight excluding hydrogens is 224 g/mol. The fourth-order valence-electron chi connectivity index (χ4n) is 2.78.